The van der Waals surface area contributed by atoms with Gasteiger partial charge in [0, 0.05) is 50.4 Å². The third-order valence-electron chi connectivity index (χ3n) is 5.04. The quantitative estimate of drug-likeness (QED) is 0.171. The highest BCUT2D eigenvalue weighted by atomic mass is 32.2. The molecular formula is C20H24N8O2S. The summed E-state index contributed by atoms with van der Waals surface area (Å²) in [6, 6.07) is 11.3. The smallest absolute Gasteiger partial charge is 0.249 e. The first kappa shape index (κ1) is 22.2. The number of rotatable bonds is 5. The van der Waals surface area contributed by atoms with Gasteiger partial charge in [0.05, 0.1) is 16.3 Å². The summed E-state index contributed by atoms with van der Waals surface area (Å²) in [6.45, 7) is 4.34. The number of hydrazine groups is 1. The topological polar surface area (TPSA) is 157 Å². The molecule has 11 heteroatoms. The van der Waals surface area contributed by atoms with E-state index >= 15 is 0 Å². The first-order valence-corrected chi connectivity index (χ1v) is 10.6. The lowest BCUT2D eigenvalue weighted by molar-refractivity contribution is -0.129. The van der Waals surface area contributed by atoms with E-state index in [9.17, 15) is 14.9 Å². The van der Waals surface area contributed by atoms with Gasteiger partial charge in [-0.05, 0) is 17.7 Å². The number of thioether (sulfide) groups is 1. The van der Waals surface area contributed by atoms with Crippen LogP contribution in [0.1, 0.15) is 12.5 Å². The average molecular weight is 441 g/mol. The van der Waals surface area contributed by atoms with Crippen LogP contribution >= 0.6 is 11.8 Å². The van der Waals surface area contributed by atoms with E-state index in [0.29, 0.717) is 35.1 Å². The number of nitrogens with two attached hydrogens (primary N) is 2. The van der Waals surface area contributed by atoms with Gasteiger partial charge >= 0.3 is 0 Å². The van der Waals surface area contributed by atoms with Crippen molar-refractivity contribution in [2.24, 2.45) is 16.8 Å². The Morgan fingerprint density at radius 2 is 2.06 bits per heavy atom. The Bertz CT molecular complexity index is 1080. The molecule has 1 saturated heterocycles. The number of piperazine rings is 1. The Morgan fingerprint density at radius 1 is 1.32 bits per heavy atom. The van der Waals surface area contributed by atoms with Gasteiger partial charge in [0.25, 0.3) is 0 Å². The molecule has 0 unspecified atom stereocenters. The minimum absolute atomic E-state index is 0.0771. The number of nitrogens with zero attached hydrogens (tertiary/aromatic N) is 4. The molecule has 162 valence electrons. The van der Waals surface area contributed by atoms with Crippen LogP contribution in [0.5, 0.6) is 0 Å². The Labute approximate surface area is 183 Å². The summed E-state index contributed by atoms with van der Waals surface area (Å²) in [4.78, 5) is 30.6. The van der Waals surface area contributed by atoms with Crippen LogP contribution < -0.4 is 27.6 Å². The van der Waals surface area contributed by atoms with E-state index < -0.39 is 0 Å². The average Bonchev–Trinajstić information content (AvgIpc) is 2.79. The van der Waals surface area contributed by atoms with Crippen molar-refractivity contribution in [1.29, 1.82) is 5.26 Å². The van der Waals surface area contributed by atoms with E-state index in [4.69, 9.17) is 11.7 Å². The number of carbonyl (C=O) groups excluding carboxylic acids is 1. The number of aromatic amines is 1. The first-order valence-electron chi connectivity index (χ1n) is 9.61. The maximum absolute atomic E-state index is 12.3. The van der Waals surface area contributed by atoms with Gasteiger partial charge < -0.3 is 26.1 Å². The lowest BCUT2D eigenvalue weighted by Gasteiger charge is -2.35. The third kappa shape index (κ3) is 5.17. The van der Waals surface area contributed by atoms with Gasteiger partial charge in [-0.15, -0.1) is 0 Å². The molecule has 1 aromatic heterocycles. The minimum atomic E-state index is -0.316. The molecule has 6 N–H and O–H groups in total. The third-order valence-corrected chi connectivity index (χ3v) is 6.06. The molecule has 1 aliphatic heterocycles. The van der Waals surface area contributed by atoms with Crippen LogP contribution in [0.15, 0.2) is 45.3 Å². The number of pyridine rings is 1. The van der Waals surface area contributed by atoms with Gasteiger partial charge in [0.15, 0.2) is 0 Å². The highest BCUT2D eigenvalue weighted by molar-refractivity contribution is 8.00. The molecule has 1 amide bonds. The van der Waals surface area contributed by atoms with Crippen LogP contribution in [0.2, 0.25) is 0 Å². The van der Waals surface area contributed by atoms with Crippen LogP contribution in [0.4, 0.5) is 5.69 Å². The fraction of sp³-hybridized carbons (Fsp3) is 0.300. The van der Waals surface area contributed by atoms with Gasteiger partial charge in [-0.3, -0.25) is 9.59 Å². The second kappa shape index (κ2) is 10.0. The zero-order valence-electron chi connectivity index (χ0n) is 17.1. The maximum atomic E-state index is 12.3. The number of benzene rings is 1. The SMILES string of the molecule is CC(=O)N1CCN(c2cccc(-c3cc(=O)[nH]c(SC/C(=N/N)NN)c3C#N)c2)CC1. The number of anilines is 1. The fourth-order valence-corrected chi connectivity index (χ4v) is 4.30. The van der Waals surface area contributed by atoms with Crippen molar-refractivity contribution in [3.05, 3.63) is 46.2 Å². The molecule has 0 saturated carbocycles. The number of aromatic nitrogens is 1. The Kier molecular flexibility index (Phi) is 7.17. The molecule has 0 radical (unpaired) electrons. The van der Waals surface area contributed by atoms with Crippen molar-refractivity contribution in [3.8, 4) is 17.2 Å². The van der Waals surface area contributed by atoms with Crippen LogP contribution in [0.3, 0.4) is 0 Å². The molecule has 3 rings (SSSR count). The molecule has 0 bridgehead atoms. The summed E-state index contributed by atoms with van der Waals surface area (Å²) in [7, 11) is 0. The van der Waals surface area contributed by atoms with Crippen molar-refractivity contribution < 1.29 is 4.79 Å². The number of carbonyl (C=O) groups is 1. The van der Waals surface area contributed by atoms with E-state index in [1.54, 1.807) is 6.92 Å². The highest BCUT2D eigenvalue weighted by Crippen LogP contribution is 2.31. The van der Waals surface area contributed by atoms with E-state index in [1.165, 1.54) is 17.8 Å². The van der Waals surface area contributed by atoms with Crippen molar-refractivity contribution in [3.63, 3.8) is 0 Å². The van der Waals surface area contributed by atoms with Crippen LogP contribution in [0.25, 0.3) is 11.1 Å². The molecule has 1 aliphatic rings. The lowest BCUT2D eigenvalue weighted by atomic mass is 10.0. The number of hydrogen-bond acceptors (Lipinski definition) is 8. The Morgan fingerprint density at radius 3 is 2.68 bits per heavy atom. The van der Waals surface area contributed by atoms with Crippen LogP contribution in [-0.2, 0) is 4.79 Å². The van der Waals surface area contributed by atoms with E-state index in [0.717, 1.165) is 24.3 Å². The minimum Gasteiger partial charge on any atom is -0.368 e. The highest BCUT2D eigenvalue weighted by Gasteiger charge is 2.20. The maximum Gasteiger partial charge on any atom is 0.249 e. The number of amidine groups is 1. The number of H-pyrrole nitrogens is 1. The monoisotopic (exact) mass is 440 g/mol. The van der Waals surface area contributed by atoms with Gasteiger partial charge in [0.1, 0.15) is 11.9 Å². The second-order valence-corrected chi connectivity index (χ2v) is 7.90. The second-order valence-electron chi connectivity index (χ2n) is 6.92. The molecular weight excluding hydrogens is 416 g/mol. The van der Waals surface area contributed by atoms with Gasteiger partial charge in [-0.1, -0.05) is 23.9 Å². The summed E-state index contributed by atoms with van der Waals surface area (Å²) in [5, 5.41) is 13.7. The number of nitrogens with one attached hydrogen (secondary N) is 2. The molecule has 0 atom stereocenters. The van der Waals surface area contributed by atoms with Crippen molar-refractivity contribution in [2.45, 2.75) is 11.9 Å². The summed E-state index contributed by atoms with van der Waals surface area (Å²) in [5.41, 5.74) is 4.70. The normalized spacial score (nSPS) is 14.3. The first-order chi connectivity index (χ1) is 15.0. The van der Waals surface area contributed by atoms with E-state index in [2.05, 4.69) is 26.5 Å². The zero-order valence-corrected chi connectivity index (χ0v) is 17.9. The predicted molar refractivity (Wildman–Crippen MR) is 121 cm³/mol. The lowest BCUT2D eigenvalue weighted by Crippen LogP contribution is -2.48. The molecule has 10 nitrogen and oxygen atoms in total. The van der Waals surface area contributed by atoms with Crippen LogP contribution in [-0.4, -0.2) is 53.6 Å². The molecule has 31 heavy (non-hydrogen) atoms. The number of nitriles is 1. The van der Waals surface area contributed by atoms with E-state index in [-0.39, 0.29) is 17.2 Å². The van der Waals surface area contributed by atoms with E-state index in [1.807, 2.05) is 29.2 Å². The van der Waals surface area contributed by atoms with Gasteiger partial charge in [0.2, 0.25) is 11.5 Å². The molecule has 2 aromatic rings. The summed E-state index contributed by atoms with van der Waals surface area (Å²) >= 11 is 1.21. The van der Waals surface area contributed by atoms with Crippen LogP contribution in [0, 0.1) is 11.3 Å². The number of amides is 1. The summed E-state index contributed by atoms with van der Waals surface area (Å²) in [5.74, 6) is 11.3. The van der Waals surface area contributed by atoms with Crippen molar-refractivity contribution in [1.82, 2.24) is 15.3 Å². The van der Waals surface area contributed by atoms with Crippen molar-refractivity contribution in [2.75, 3.05) is 36.8 Å². The fourth-order valence-electron chi connectivity index (χ4n) is 3.39. The largest absolute Gasteiger partial charge is 0.368 e. The van der Waals surface area contributed by atoms with Gasteiger partial charge in [-0.25, -0.2) is 5.84 Å². The Hall–Kier alpha value is -3.49. The molecule has 0 spiro atoms. The molecule has 1 aromatic carbocycles. The zero-order chi connectivity index (χ0) is 22.4. The molecule has 1 fully saturated rings. The van der Waals surface area contributed by atoms with Crippen molar-refractivity contribution >= 4 is 29.2 Å². The number of hydrogen-bond donors (Lipinski definition) is 4. The Balaban J connectivity index is 1.91. The standard InChI is InChI=1S/C20H24N8O2S/c1-13(29)27-5-7-28(8-6-27)15-4-2-3-14(9-15)16-10-19(30)24-20(17(16)11-21)31-12-18(25-22)26-23/h2-4,9-10H,5-8,12,22-23H2,1H3,(H,24,30)(H,25,26). The molecule has 0 aliphatic carbocycles. The number of hydrazone groups is 1. The predicted octanol–water partition coefficient (Wildman–Crippen LogP) is 0.410. The van der Waals surface area contributed by atoms with Gasteiger partial charge in [-0.2, -0.15) is 10.4 Å². The summed E-state index contributed by atoms with van der Waals surface area (Å²) < 4.78 is 0. The summed E-state index contributed by atoms with van der Waals surface area (Å²) in [6.07, 6.45) is 0. The molecule has 2 heterocycles.